The molecule has 2 N–H and O–H groups in total. The smallest absolute Gasteiger partial charge is 0.171 e. The molecule has 0 aliphatic rings. The van der Waals surface area contributed by atoms with Crippen LogP contribution in [-0.4, -0.2) is 16.4 Å². The third-order valence-electron chi connectivity index (χ3n) is 2.80. The number of thioether (sulfide) groups is 1. The van der Waals surface area contributed by atoms with Crippen molar-refractivity contribution in [1.82, 2.24) is 10.3 Å². The third kappa shape index (κ3) is 3.55. The number of hydrogen-bond acceptors (Lipinski definition) is 5. The van der Waals surface area contributed by atoms with Crippen molar-refractivity contribution < 1.29 is 4.42 Å². The van der Waals surface area contributed by atoms with Crippen molar-refractivity contribution in [2.45, 2.75) is 10.9 Å². The third-order valence-corrected chi connectivity index (χ3v) is 5.05. The van der Waals surface area contributed by atoms with Crippen molar-refractivity contribution in [3.8, 4) is 0 Å². The van der Waals surface area contributed by atoms with Crippen LogP contribution in [0.5, 0.6) is 0 Å². The molecule has 0 saturated heterocycles. The van der Waals surface area contributed by atoms with Crippen LogP contribution in [0.3, 0.4) is 0 Å². The van der Waals surface area contributed by atoms with Gasteiger partial charge in [0.1, 0.15) is 5.76 Å². The van der Waals surface area contributed by atoms with Gasteiger partial charge in [0.25, 0.3) is 0 Å². The summed E-state index contributed by atoms with van der Waals surface area (Å²) in [4.78, 5) is 4.51. The number of aromatic nitrogens is 1. The Hall–Kier alpha value is -1.57. The molecule has 0 aliphatic carbocycles. The standard InChI is InChI=1S/C14H13N3OS3/c1-20-14-17-11-5-4-9(7-12(11)21-14)16-13(19)15-8-10-3-2-6-18-10/h2-7H,8H2,1H3,(H2,15,16,19). The molecule has 0 amide bonds. The summed E-state index contributed by atoms with van der Waals surface area (Å²) in [6.45, 7) is 0.568. The molecule has 0 spiro atoms. The molecule has 1 aromatic carbocycles. The Bertz CT molecular complexity index is 752. The first-order chi connectivity index (χ1) is 10.2. The largest absolute Gasteiger partial charge is 0.467 e. The van der Waals surface area contributed by atoms with Crippen LogP contribution < -0.4 is 10.6 Å². The lowest BCUT2D eigenvalue weighted by molar-refractivity contribution is 0.503. The molecular formula is C14H13N3OS3. The van der Waals surface area contributed by atoms with Crippen molar-refractivity contribution >= 4 is 56.3 Å². The quantitative estimate of drug-likeness (QED) is 0.553. The molecule has 2 heterocycles. The van der Waals surface area contributed by atoms with Gasteiger partial charge >= 0.3 is 0 Å². The molecule has 0 saturated carbocycles. The number of thiazole rings is 1. The predicted octanol–water partition coefficient (Wildman–Crippen LogP) is 4.10. The summed E-state index contributed by atoms with van der Waals surface area (Å²) in [7, 11) is 0. The first kappa shape index (κ1) is 14.4. The van der Waals surface area contributed by atoms with Gasteiger partial charge in [-0.2, -0.15) is 0 Å². The molecule has 0 unspecified atom stereocenters. The van der Waals surface area contributed by atoms with Crippen LogP contribution in [0, 0.1) is 0 Å². The molecule has 108 valence electrons. The maximum absolute atomic E-state index is 5.28. The zero-order chi connectivity index (χ0) is 14.7. The number of hydrogen-bond donors (Lipinski definition) is 2. The molecule has 0 atom stereocenters. The van der Waals surface area contributed by atoms with E-state index in [1.54, 1.807) is 29.4 Å². The predicted molar refractivity (Wildman–Crippen MR) is 93.2 cm³/mol. The molecule has 0 bridgehead atoms. The first-order valence-electron chi connectivity index (χ1n) is 6.26. The number of furan rings is 1. The Balaban J connectivity index is 1.65. The Kier molecular flexibility index (Phi) is 4.42. The van der Waals surface area contributed by atoms with E-state index in [2.05, 4.69) is 21.7 Å². The van der Waals surface area contributed by atoms with E-state index < -0.39 is 0 Å². The van der Waals surface area contributed by atoms with Gasteiger partial charge in [-0.05, 0) is 48.8 Å². The van der Waals surface area contributed by atoms with E-state index in [9.17, 15) is 0 Å². The Morgan fingerprint density at radius 3 is 3.10 bits per heavy atom. The first-order valence-corrected chi connectivity index (χ1v) is 8.71. The highest BCUT2D eigenvalue weighted by molar-refractivity contribution is 8.00. The van der Waals surface area contributed by atoms with E-state index in [-0.39, 0.29) is 0 Å². The maximum Gasteiger partial charge on any atom is 0.171 e. The lowest BCUT2D eigenvalue weighted by atomic mass is 10.3. The molecule has 7 heteroatoms. The van der Waals surface area contributed by atoms with E-state index >= 15 is 0 Å². The van der Waals surface area contributed by atoms with E-state index in [1.807, 2.05) is 30.5 Å². The second-order valence-corrected chi connectivity index (χ2v) is 6.75. The van der Waals surface area contributed by atoms with Gasteiger partial charge in [-0.25, -0.2) is 4.98 Å². The fourth-order valence-electron chi connectivity index (χ4n) is 1.82. The minimum atomic E-state index is 0.568. The maximum atomic E-state index is 5.28. The number of fused-ring (bicyclic) bond motifs is 1. The molecule has 0 fully saturated rings. The minimum absolute atomic E-state index is 0.568. The van der Waals surface area contributed by atoms with Gasteiger partial charge < -0.3 is 15.1 Å². The van der Waals surface area contributed by atoms with Crippen molar-refractivity contribution in [3.05, 3.63) is 42.4 Å². The van der Waals surface area contributed by atoms with Crippen molar-refractivity contribution in [1.29, 1.82) is 0 Å². The summed E-state index contributed by atoms with van der Waals surface area (Å²) in [5, 5.41) is 6.85. The lowest BCUT2D eigenvalue weighted by Gasteiger charge is -2.09. The van der Waals surface area contributed by atoms with Gasteiger partial charge in [0.05, 0.1) is 23.0 Å². The SMILES string of the molecule is CSc1nc2ccc(NC(=S)NCc3ccco3)cc2s1. The normalized spacial score (nSPS) is 10.7. The molecular weight excluding hydrogens is 322 g/mol. The fourth-order valence-corrected chi connectivity index (χ4v) is 3.54. The van der Waals surface area contributed by atoms with Crippen molar-refractivity contribution in [3.63, 3.8) is 0 Å². The van der Waals surface area contributed by atoms with Crippen LogP contribution >= 0.6 is 35.3 Å². The Morgan fingerprint density at radius 1 is 1.43 bits per heavy atom. The van der Waals surface area contributed by atoms with Gasteiger partial charge in [-0.3, -0.25) is 0 Å². The van der Waals surface area contributed by atoms with Crippen molar-refractivity contribution in [2.24, 2.45) is 0 Å². The number of rotatable bonds is 4. The molecule has 0 aliphatic heterocycles. The molecule has 3 rings (SSSR count). The average Bonchev–Trinajstić information content (AvgIpc) is 3.13. The summed E-state index contributed by atoms with van der Waals surface area (Å²) in [6, 6.07) is 9.81. The van der Waals surface area contributed by atoms with Gasteiger partial charge in [0.15, 0.2) is 9.45 Å². The lowest BCUT2D eigenvalue weighted by Crippen LogP contribution is -2.27. The van der Waals surface area contributed by atoms with Crippen LogP contribution in [0.4, 0.5) is 5.69 Å². The summed E-state index contributed by atoms with van der Waals surface area (Å²) < 4.78 is 7.47. The van der Waals surface area contributed by atoms with Gasteiger partial charge in [-0.15, -0.1) is 11.3 Å². The summed E-state index contributed by atoms with van der Waals surface area (Å²) >= 11 is 8.62. The number of benzene rings is 1. The average molecular weight is 335 g/mol. The van der Waals surface area contributed by atoms with Crippen LogP contribution in [0.15, 0.2) is 45.4 Å². The molecule has 2 aromatic heterocycles. The molecule has 4 nitrogen and oxygen atoms in total. The fraction of sp³-hybridized carbons (Fsp3) is 0.143. The highest BCUT2D eigenvalue weighted by Crippen LogP contribution is 2.29. The molecule has 21 heavy (non-hydrogen) atoms. The summed E-state index contributed by atoms with van der Waals surface area (Å²) in [6.07, 6.45) is 3.68. The van der Waals surface area contributed by atoms with Gasteiger partial charge in [-0.1, -0.05) is 11.8 Å². The van der Waals surface area contributed by atoms with Gasteiger partial charge in [0.2, 0.25) is 0 Å². The van der Waals surface area contributed by atoms with E-state index in [0.29, 0.717) is 11.7 Å². The van der Waals surface area contributed by atoms with E-state index in [1.165, 1.54) is 0 Å². The van der Waals surface area contributed by atoms with Gasteiger partial charge in [0, 0.05) is 5.69 Å². The van der Waals surface area contributed by atoms with Crippen LogP contribution in [0.1, 0.15) is 5.76 Å². The van der Waals surface area contributed by atoms with Crippen LogP contribution in [-0.2, 0) is 6.54 Å². The van der Waals surface area contributed by atoms with Crippen molar-refractivity contribution in [2.75, 3.05) is 11.6 Å². The molecule has 3 aromatic rings. The second-order valence-electron chi connectivity index (χ2n) is 4.25. The number of anilines is 1. The number of nitrogens with one attached hydrogen (secondary N) is 2. The Morgan fingerprint density at radius 2 is 2.33 bits per heavy atom. The monoisotopic (exact) mass is 335 g/mol. The summed E-state index contributed by atoms with van der Waals surface area (Å²) in [5.74, 6) is 0.849. The minimum Gasteiger partial charge on any atom is -0.467 e. The highest BCUT2D eigenvalue weighted by Gasteiger charge is 2.05. The van der Waals surface area contributed by atoms with Crippen LogP contribution in [0.2, 0.25) is 0 Å². The highest BCUT2D eigenvalue weighted by atomic mass is 32.2. The van der Waals surface area contributed by atoms with E-state index in [4.69, 9.17) is 16.6 Å². The zero-order valence-electron chi connectivity index (χ0n) is 11.3. The Labute approximate surface area is 136 Å². The van der Waals surface area contributed by atoms with E-state index in [0.717, 1.165) is 26.0 Å². The second kappa shape index (κ2) is 6.46. The number of nitrogens with zero attached hydrogens (tertiary/aromatic N) is 1. The number of thiocarbonyl (C=S) groups is 1. The van der Waals surface area contributed by atoms with Crippen LogP contribution in [0.25, 0.3) is 10.2 Å². The molecule has 0 radical (unpaired) electrons. The topological polar surface area (TPSA) is 50.1 Å². The zero-order valence-corrected chi connectivity index (χ0v) is 13.7. The summed E-state index contributed by atoms with van der Waals surface area (Å²) in [5.41, 5.74) is 1.97.